The van der Waals surface area contributed by atoms with Gasteiger partial charge in [0.1, 0.15) is 24.6 Å². The number of halogens is 1. The molecule has 2 atom stereocenters. The molecule has 2 fully saturated rings. The highest BCUT2D eigenvalue weighted by Crippen LogP contribution is 2.28. The highest BCUT2D eigenvalue weighted by Gasteiger charge is 2.32. The predicted octanol–water partition coefficient (Wildman–Crippen LogP) is 5.39. The molecule has 2 N–H and O–H groups in total. The van der Waals surface area contributed by atoms with Crippen molar-refractivity contribution in [1.29, 1.82) is 0 Å². The van der Waals surface area contributed by atoms with Crippen molar-refractivity contribution in [3.05, 3.63) is 48.3 Å². The number of nitrogens with one attached hydrogen (secondary N) is 1. The summed E-state index contributed by atoms with van der Waals surface area (Å²) in [5.74, 6) is -0.913. The first-order chi connectivity index (χ1) is 22.4. The number of hydrogen-bond donors (Lipinski definition) is 2. The number of amides is 3. The summed E-state index contributed by atoms with van der Waals surface area (Å²) >= 11 is 0. The van der Waals surface area contributed by atoms with Gasteiger partial charge in [-0.2, -0.15) is 0 Å². The Bertz CT molecular complexity index is 1370. The van der Waals surface area contributed by atoms with E-state index in [2.05, 4.69) is 10.3 Å². The van der Waals surface area contributed by atoms with Crippen LogP contribution >= 0.6 is 0 Å². The number of aliphatic carboxylic acids is 1. The van der Waals surface area contributed by atoms with Crippen LogP contribution in [-0.2, 0) is 19.1 Å². The van der Waals surface area contributed by atoms with Gasteiger partial charge in [-0.25, -0.2) is 9.18 Å². The molecule has 2 aliphatic rings. The number of ether oxygens (including phenoxy) is 2. The van der Waals surface area contributed by atoms with E-state index >= 15 is 0 Å². The Morgan fingerprint density at radius 3 is 2.40 bits per heavy atom. The van der Waals surface area contributed by atoms with Crippen molar-refractivity contribution < 1.29 is 38.1 Å². The SMILES string of the molecule is CC(C)(C)OC(=O)N1CCC(CCC(=O)N2CCCC(C(=O)NC(CC(=O)O)c3cncc(-c4ccc(OCCF)cc4)c3)C2)CC1. The topological polar surface area (TPSA) is 138 Å². The average molecular weight is 655 g/mol. The van der Waals surface area contributed by atoms with Crippen LogP contribution in [0.15, 0.2) is 42.7 Å². The Kier molecular flexibility index (Phi) is 12.6. The van der Waals surface area contributed by atoms with Gasteiger partial charge < -0.3 is 29.7 Å². The van der Waals surface area contributed by atoms with Gasteiger partial charge in [0.15, 0.2) is 0 Å². The monoisotopic (exact) mass is 654 g/mol. The Labute approximate surface area is 275 Å². The van der Waals surface area contributed by atoms with Crippen molar-refractivity contribution >= 4 is 23.9 Å². The molecule has 2 aromatic rings. The molecule has 3 amide bonds. The molecule has 2 saturated heterocycles. The van der Waals surface area contributed by atoms with E-state index in [9.17, 15) is 28.7 Å². The quantitative estimate of drug-likeness (QED) is 0.311. The Morgan fingerprint density at radius 2 is 1.74 bits per heavy atom. The van der Waals surface area contributed by atoms with Gasteiger partial charge in [0.25, 0.3) is 0 Å². The molecule has 1 aromatic heterocycles. The van der Waals surface area contributed by atoms with Gasteiger partial charge in [-0.05, 0) is 88.1 Å². The van der Waals surface area contributed by atoms with Crippen LogP contribution in [-0.4, -0.2) is 88.8 Å². The van der Waals surface area contributed by atoms with Crippen molar-refractivity contribution in [3.63, 3.8) is 0 Å². The number of carboxylic acids is 1. The first-order valence-electron chi connectivity index (χ1n) is 16.4. The van der Waals surface area contributed by atoms with Gasteiger partial charge in [-0.1, -0.05) is 12.1 Å². The summed E-state index contributed by atoms with van der Waals surface area (Å²) in [6.07, 6.45) is 6.61. The Hall–Kier alpha value is -4.22. The normalized spacial score (nSPS) is 17.9. The standard InChI is InChI=1S/C35H47FN4O7/c1-35(2,3)47-34(45)39-16-12-24(13-17-39)6-11-31(41)40-15-4-5-26(23-40)33(44)38-30(20-32(42)43)28-19-27(21-37-22-28)25-7-9-29(10-8-25)46-18-14-36/h7-10,19,21-22,24,26,30H,4-6,11-18,20,23H2,1-3H3,(H,38,44)(H,42,43). The molecule has 0 bridgehead atoms. The van der Waals surface area contributed by atoms with Crippen molar-refractivity contribution in [3.8, 4) is 16.9 Å². The number of aromatic nitrogens is 1. The highest BCUT2D eigenvalue weighted by molar-refractivity contribution is 5.82. The van der Waals surface area contributed by atoms with E-state index in [1.54, 1.807) is 52.5 Å². The fraction of sp³-hybridized carbons (Fsp3) is 0.571. The lowest BCUT2D eigenvalue weighted by Gasteiger charge is -2.35. The first kappa shape index (κ1) is 35.6. The number of hydrogen-bond acceptors (Lipinski definition) is 7. The van der Waals surface area contributed by atoms with Crippen molar-refractivity contribution in [1.82, 2.24) is 20.1 Å². The lowest BCUT2D eigenvalue weighted by Crippen LogP contribution is -2.46. The molecule has 0 saturated carbocycles. The van der Waals surface area contributed by atoms with Crippen LogP contribution < -0.4 is 10.1 Å². The number of carboxylic acid groups (broad SMARTS) is 1. The number of nitrogens with zero attached hydrogens (tertiary/aromatic N) is 3. The maximum Gasteiger partial charge on any atom is 0.410 e. The third-order valence-electron chi connectivity index (χ3n) is 8.57. The number of likely N-dealkylation sites (tertiary alicyclic amines) is 2. The summed E-state index contributed by atoms with van der Waals surface area (Å²) in [4.78, 5) is 58.5. The van der Waals surface area contributed by atoms with Crippen LogP contribution in [0.5, 0.6) is 5.75 Å². The van der Waals surface area contributed by atoms with Gasteiger partial charge in [-0.3, -0.25) is 19.4 Å². The van der Waals surface area contributed by atoms with Crippen molar-refractivity contribution in [2.45, 2.75) is 77.4 Å². The van der Waals surface area contributed by atoms with Crippen LogP contribution in [0.3, 0.4) is 0 Å². The zero-order chi connectivity index (χ0) is 34.0. The third kappa shape index (κ3) is 10.9. The van der Waals surface area contributed by atoms with E-state index in [0.717, 1.165) is 30.4 Å². The molecular weight excluding hydrogens is 607 g/mol. The van der Waals surface area contributed by atoms with Gasteiger partial charge >= 0.3 is 12.1 Å². The summed E-state index contributed by atoms with van der Waals surface area (Å²) in [7, 11) is 0. The van der Waals surface area contributed by atoms with Crippen LogP contribution in [0.2, 0.25) is 0 Å². The minimum absolute atomic E-state index is 0.0113. The molecule has 2 unspecified atom stereocenters. The molecule has 0 radical (unpaired) electrons. The Morgan fingerprint density at radius 1 is 1.02 bits per heavy atom. The zero-order valence-corrected chi connectivity index (χ0v) is 27.6. The lowest BCUT2D eigenvalue weighted by molar-refractivity contribution is -0.138. The fourth-order valence-electron chi connectivity index (χ4n) is 6.06. The van der Waals surface area contributed by atoms with Gasteiger partial charge in [0.2, 0.25) is 11.8 Å². The number of rotatable bonds is 12. The van der Waals surface area contributed by atoms with Crippen LogP contribution in [0, 0.1) is 11.8 Å². The molecule has 2 aliphatic heterocycles. The van der Waals surface area contributed by atoms with E-state index in [1.807, 2.05) is 20.8 Å². The van der Waals surface area contributed by atoms with Crippen molar-refractivity contribution in [2.75, 3.05) is 39.5 Å². The Balaban J connectivity index is 1.30. The number of carbonyl (C=O) groups excluding carboxylic acids is 3. The minimum atomic E-state index is -1.06. The molecule has 256 valence electrons. The number of pyridine rings is 1. The number of benzene rings is 1. The van der Waals surface area contributed by atoms with E-state index < -0.39 is 30.2 Å². The van der Waals surface area contributed by atoms with Gasteiger partial charge in [0.05, 0.1) is 18.4 Å². The fourth-order valence-corrected chi connectivity index (χ4v) is 6.06. The number of carbonyl (C=O) groups is 4. The second-order valence-corrected chi connectivity index (χ2v) is 13.4. The smallest absolute Gasteiger partial charge is 0.410 e. The molecule has 3 heterocycles. The molecule has 0 spiro atoms. The van der Waals surface area contributed by atoms with Crippen LogP contribution in [0.25, 0.3) is 11.1 Å². The van der Waals surface area contributed by atoms with E-state index in [0.29, 0.717) is 56.1 Å². The van der Waals surface area contributed by atoms with E-state index in [4.69, 9.17) is 9.47 Å². The minimum Gasteiger partial charge on any atom is -0.491 e. The third-order valence-corrected chi connectivity index (χ3v) is 8.57. The van der Waals surface area contributed by atoms with E-state index in [1.165, 1.54) is 0 Å². The molecule has 12 heteroatoms. The van der Waals surface area contributed by atoms with Gasteiger partial charge in [0, 0.05) is 50.6 Å². The first-order valence-corrected chi connectivity index (χ1v) is 16.4. The summed E-state index contributed by atoms with van der Waals surface area (Å²) in [5.41, 5.74) is 1.56. The van der Waals surface area contributed by atoms with Crippen molar-refractivity contribution in [2.24, 2.45) is 11.8 Å². The molecule has 11 nitrogen and oxygen atoms in total. The summed E-state index contributed by atoms with van der Waals surface area (Å²) < 4.78 is 23.2. The van der Waals surface area contributed by atoms with Crippen LogP contribution in [0.4, 0.5) is 9.18 Å². The van der Waals surface area contributed by atoms with Crippen LogP contribution in [0.1, 0.15) is 77.3 Å². The number of piperidine rings is 2. The summed E-state index contributed by atoms with van der Waals surface area (Å²) in [6, 6.07) is 8.04. The zero-order valence-electron chi connectivity index (χ0n) is 27.6. The summed E-state index contributed by atoms with van der Waals surface area (Å²) in [5, 5.41) is 12.6. The molecule has 1 aromatic carbocycles. The second-order valence-electron chi connectivity index (χ2n) is 13.4. The maximum absolute atomic E-state index is 13.4. The highest BCUT2D eigenvalue weighted by atomic mass is 19.1. The lowest BCUT2D eigenvalue weighted by atomic mass is 9.91. The average Bonchev–Trinajstić information content (AvgIpc) is 3.05. The molecule has 0 aliphatic carbocycles. The molecular formula is C35H47FN4O7. The van der Waals surface area contributed by atoms with E-state index in [-0.39, 0.29) is 37.5 Å². The number of alkyl halides is 1. The summed E-state index contributed by atoms with van der Waals surface area (Å²) in [6.45, 7) is 7.02. The maximum atomic E-state index is 13.4. The molecule has 4 rings (SSSR count). The largest absolute Gasteiger partial charge is 0.491 e. The van der Waals surface area contributed by atoms with Gasteiger partial charge in [-0.15, -0.1) is 0 Å². The second kappa shape index (κ2) is 16.6. The predicted molar refractivity (Wildman–Crippen MR) is 173 cm³/mol. The molecule has 47 heavy (non-hydrogen) atoms.